The number of esters is 1. The molecule has 0 fully saturated rings. The number of carbonyl (C=O) groups excluding carboxylic acids is 1. The third-order valence-electron chi connectivity index (χ3n) is 3.25. The Balaban J connectivity index is 2.19. The van der Waals surface area contributed by atoms with Crippen molar-refractivity contribution in [1.29, 1.82) is 0 Å². The first-order chi connectivity index (χ1) is 10.6. The van der Waals surface area contributed by atoms with Gasteiger partial charge in [-0.15, -0.1) is 0 Å². The Morgan fingerprint density at radius 3 is 2.77 bits per heavy atom. The molecule has 2 rings (SSSR count). The molecule has 0 aliphatic rings. The molecule has 1 heterocycles. The molecule has 0 aliphatic heterocycles. The highest BCUT2D eigenvalue weighted by Gasteiger charge is 2.19. The highest BCUT2D eigenvalue weighted by atomic mass is 16.5. The van der Waals surface area contributed by atoms with Gasteiger partial charge in [0.15, 0.2) is 6.10 Å². The SMILES string of the molecule is C=CC#CC(C)OC(=O)c1cncn1C(C)c1ccccc1. The average Bonchev–Trinajstić information content (AvgIpc) is 3.02. The second kappa shape index (κ2) is 7.28. The van der Waals surface area contributed by atoms with Crippen molar-refractivity contribution < 1.29 is 9.53 Å². The summed E-state index contributed by atoms with van der Waals surface area (Å²) >= 11 is 0. The summed E-state index contributed by atoms with van der Waals surface area (Å²) in [5.41, 5.74) is 1.50. The molecule has 2 aromatic rings. The lowest BCUT2D eigenvalue weighted by molar-refractivity contribution is 0.0425. The average molecular weight is 294 g/mol. The van der Waals surface area contributed by atoms with Crippen LogP contribution in [0, 0.1) is 11.8 Å². The Hall–Kier alpha value is -2.80. The first kappa shape index (κ1) is 15.6. The lowest BCUT2D eigenvalue weighted by atomic mass is 10.1. The number of nitrogens with zero attached hydrogens (tertiary/aromatic N) is 2. The van der Waals surface area contributed by atoms with Crippen LogP contribution in [0.3, 0.4) is 0 Å². The van der Waals surface area contributed by atoms with Crippen molar-refractivity contribution in [3.05, 3.63) is 66.8 Å². The number of imidazole rings is 1. The predicted molar refractivity (Wildman–Crippen MR) is 85.3 cm³/mol. The van der Waals surface area contributed by atoms with Crippen molar-refractivity contribution in [2.75, 3.05) is 0 Å². The molecule has 0 N–H and O–H groups in total. The fourth-order valence-electron chi connectivity index (χ4n) is 2.09. The van der Waals surface area contributed by atoms with Crippen LogP contribution in [0.15, 0.2) is 55.5 Å². The van der Waals surface area contributed by atoms with E-state index in [-0.39, 0.29) is 6.04 Å². The van der Waals surface area contributed by atoms with Crippen LogP contribution in [-0.2, 0) is 4.74 Å². The van der Waals surface area contributed by atoms with Gasteiger partial charge in [-0.2, -0.15) is 0 Å². The fourth-order valence-corrected chi connectivity index (χ4v) is 2.09. The van der Waals surface area contributed by atoms with Gasteiger partial charge in [0.05, 0.1) is 18.6 Å². The molecular formula is C18H18N2O2. The maximum Gasteiger partial charge on any atom is 0.357 e. The molecule has 4 heteroatoms. The van der Waals surface area contributed by atoms with Crippen molar-refractivity contribution >= 4 is 5.97 Å². The molecule has 0 spiro atoms. The molecule has 4 nitrogen and oxygen atoms in total. The molecule has 0 saturated carbocycles. The number of ether oxygens (including phenoxy) is 1. The zero-order valence-electron chi connectivity index (χ0n) is 12.7. The van der Waals surface area contributed by atoms with E-state index in [0.29, 0.717) is 5.69 Å². The largest absolute Gasteiger partial charge is 0.445 e. The third kappa shape index (κ3) is 3.64. The number of allylic oxidation sites excluding steroid dienone is 1. The summed E-state index contributed by atoms with van der Waals surface area (Å²) in [7, 11) is 0. The zero-order chi connectivity index (χ0) is 15.9. The molecular weight excluding hydrogens is 276 g/mol. The summed E-state index contributed by atoms with van der Waals surface area (Å²) in [4.78, 5) is 16.3. The van der Waals surface area contributed by atoms with Crippen molar-refractivity contribution in [3.8, 4) is 11.8 Å². The second-order valence-corrected chi connectivity index (χ2v) is 4.81. The Bertz CT molecular complexity index is 707. The molecule has 112 valence electrons. The van der Waals surface area contributed by atoms with Gasteiger partial charge >= 0.3 is 5.97 Å². The van der Waals surface area contributed by atoms with E-state index in [1.54, 1.807) is 17.8 Å². The van der Waals surface area contributed by atoms with Crippen molar-refractivity contribution in [2.24, 2.45) is 0 Å². The molecule has 0 bridgehead atoms. The van der Waals surface area contributed by atoms with Gasteiger partial charge in [-0.05, 0) is 25.5 Å². The van der Waals surface area contributed by atoms with E-state index in [2.05, 4.69) is 23.4 Å². The number of carbonyl (C=O) groups is 1. The van der Waals surface area contributed by atoms with Crippen molar-refractivity contribution in [3.63, 3.8) is 0 Å². The van der Waals surface area contributed by atoms with Gasteiger partial charge in [0, 0.05) is 0 Å². The standard InChI is InChI=1S/C18H18N2O2/c1-4-5-9-14(2)22-18(21)17-12-19-13-20(17)15(3)16-10-7-6-8-11-16/h4,6-8,10-15H,1H2,2-3H3. The van der Waals surface area contributed by atoms with E-state index in [9.17, 15) is 4.79 Å². The first-order valence-corrected chi connectivity index (χ1v) is 7.03. The second-order valence-electron chi connectivity index (χ2n) is 4.81. The van der Waals surface area contributed by atoms with Crippen LogP contribution in [0.5, 0.6) is 0 Å². The van der Waals surface area contributed by atoms with Crippen LogP contribution < -0.4 is 0 Å². The maximum atomic E-state index is 12.3. The molecule has 1 aromatic carbocycles. The van der Waals surface area contributed by atoms with Crippen LogP contribution in [0.25, 0.3) is 0 Å². The van der Waals surface area contributed by atoms with E-state index in [0.717, 1.165) is 5.56 Å². The Morgan fingerprint density at radius 2 is 2.09 bits per heavy atom. The monoisotopic (exact) mass is 294 g/mol. The minimum atomic E-state index is -0.499. The normalized spacial score (nSPS) is 12.6. The fraction of sp³-hybridized carbons (Fsp3) is 0.222. The summed E-state index contributed by atoms with van der Waals surface area (Å²) in [6.45, 7) is 7.23. The predicted octanol–water partition coefficient (Wildman–Crippen LogP) is 3.23. The molecule has 2 atom stereocenters. The van der Waals surface area contributed by atoms with Gasteiger partial charge in [-0.3, -0.25) is 0 Å². The summed E-state index contributed by atoms with van der Waals surface area (Å²) < 4.78 is 7.10. The van der Waals surface area contributed by atoms with Crippen molar-refractivity contribution in [1.82, 2.24) is 9.55 Å². The minimum absolute atomic E-state index is 0.0131. The smallest absolute Gasteiger partial charge is 0.357 e. The lowest BCUT2D eigenvalue weighted by Crippen LogP contribution is -2.19. The highest BCUT2D eigenvalue weighted by molar-refractivity contribution is 5.87. The van der Waals surface area contributed by atoms with E-state index in [1.807, 2.05) is 37.3 Å². The Labute approximate surface area is 130 Å². The summed E-state index contributed by atoms with van der Waals surface area (Å²) in [6, 6.07) is 9.90. The van der Waals surface area contributed by atoms with E-state index in [1.165, 1.54) is 12.3 Å². The van der Waals surface area contributed by atoms with Crippen molar-refractivity contribution in [2.45, 2.75) is 26.0 Å². The van der Waals surface area contributed by atoms with Gasteiger partial charge in [-0.25, -0.2) is 9.78 Å². The summed E-state index contributed by atoms with van der Waals surface area (Å²) in [5, 5.41) is 0. The molecule has 0 aliphatic carbocycles. The Morgan fingerprint density at radius 1 is 1.36 bits per heavy atom. The highest BCUT2D eigenvalue weighted by Crippen LogP contribution is 2.19. The van der Waals surface area contributed by atoms with E-state index < -0.39 is 12.1 Å². The molecule has 2 unspecified atom stereocenters. The van der Waals surface area contributed by atoms with E-state index in [4.69, 9.17) is 4.74 Å². The summed E-state index contributed by atoms with van der Waals surface area (Å²) in [5.74, 6) is 5.00. The van der Waals surface area contributed by atoms with Gasteiger partial charge in [0.2, 0.25) is 0 Å². The number of aromatic nitrogens is 2. The van der Waals surface area contributed by atoms with Crippen LogP contribution >= 0.6 is 0 Å². The van der Waals surface area contributed by atoms with Crippen LogP contribution in [0.2, 0.25) is 0 Å². The van der Waals surface area contributed by atoms with Crippen LogP contribution in [-0.4, -0.2) is 21.6 Å². The topological polar surface area (TPSA) is 44.1 Å². The minimum Gasteiger partial charge on any atom is -0.445 e. The molecule has 1 aromatic heterocycles. The molecule has 0 saturated heterocycles. The zero-order valence-corrected chi connectivity index (χ0v) is 12.7. The van der Waals surface area contributed by atoms with Crippen LogP contribution in [0.4, 0.5) is 0 Å². The first-order valence-electron chi connectivity index (χ1n) is 7.03. The number of rotatable bonds is 4. The third-order valence-corrected chi connectivity index (χ3v) is 3.25. The molecule has 0 radical (unpaired) electrons. The quantitative estimate of drug-likeness (QED) is 0.642. The number of hydrogen-bond donors (Lipinski definition) is 0. The van der Waals surface area contributed by atoms with E-state index >= 15 is 0 Å². The lowest BCUT2D eigenvalue weighted by Gasteiger charge is -2.17. The maximum absolute atomic E-state index is 12.3. The van der Waals surface area contributed by atoms with Gasteiger partial charge < -0.3 is 9.30 Å². The number of hydrogen-bond acceptors (Lipinski definition) is 3. The van der Waals surface area contributed by atoms with Crippen LogP contribution in [0.1, 0.15) is 35.9 Å². The molecule has 0 amide bonds. The Kier molecular flexibility index (Phi) is 5.16. The van der Waals surface area contributed by atoms with Gasteiger partial charge in [0.1, 0.15) is 5.69 Å². The summed E-state index contributed by atoms with van der Waals surface area (Å²) in [6.07, 6.45) is 4.11. The molecule has 22 heavy (non-hydrogen) atoms. The van der Waals surface area contributed by atoms with Gasteiger partial charge in [0.25, 0.3) is 0 Å². The number of benzene rings is 1. The van der Waals surface area contributed by atoms with Gasteiger partial charge in [-0.1, -0.05) is 48.8 Å².